The summed E-state index contributed by atoms with van der Waals surface area (Å²) in [5.41, 5.74) is 5.59. The highest BCUT2D eigenvalue weighted by atomic mass is 16.3. The van der Waals surface area contributed by atoms with Crippen molar-refractivity contribution in [2.45, 2.75) is 45.7 Å². The molecule has 2 atom stereocenters. The second kappa shape index (κ2) is 6.79. The van der Waals surface area contributed by atoms with Crippen molar-refractivity contribution in [1.82, 2.24) is 5.32 Å². The lowest BCUT2D eigenvalue weighted by Crippen LogP contribution is -2.47. The number of rotatable bonds is 6. The van der Waals surface area contributed by atoms with E-state index in [1.807, 2.05) is 20.8 Å². The number of carbonyl (C=O) groups excluding carboxylic acids is 1. The molecule has 0 fully saturated rings. The van der Waals surface area contributed by atoms with Gasteiger partial charge in [0.05, 0.1) is 6.04 Å². The molecule has 0 saturated heterocycles. The molecule has 1 unspecified atom stereocenters. The Labute approximate surface area is 85.9 Å². The van der Waals surface area contributed by atoms with Crippen molar-refractivity contribution in [3.63, 3.8) is 0 Å². The van der Waals surface area contributed by atoms with Crippen LogP contribution in [0.15, 0.2) is 0 Å². The quantitative estimate of drug-likeness (QED) is 0.578. The minimum Gasteiger partial charge on any atom is -0.396 e. The first-order valence-electron chi connectivity index (χ1n) is 5.19. The van der Waals surface area contributed by atoms with Gasteiger partial charge >= 0.3 is 0 Å². The fraction of sp³-hybridized carbons (Fsp3) is 0.900. The molecule has 0 saturated carbocycles. The van der Waals surface area contributed by atoms with Gasteiger partial charge in [0, 0.05) is 12.6 Å². The molecule has 0 aromatic carbocycles. The van der Waals surface area contributed by atoms with E-state index in [1.54, 1.807) is 0 Å². The lowest BCUT2D eigenvalue weighted by atomic mass is 10.0. The maximum atomic E-state index is 11.4. The largest absolute Gasteiger partial charge is 0.396 e. The Morgan fingerprint density at radius 2 is 2.07 bits per heavy atom. The number of nitrogens with two attached hydrogens (primary N) is 1. The van der Waals surface area contributed by atoms with Gasteiger partial charge in [-0.2, -0.15) is 0 Å². The van der Waals surface area contributed by atoms with Crippen LogP contribution in [0.5, 0.6) is 0 Å². The molecule has 4 heteroatoms. The smallest absolute Gasteiger partial charge is 0.237 e. The lowest BCUT2D eigenvalue weighted by Gasteiger charge is -2.23. The third-order valence-electron chi connectivity index (χ3n) is 2.35. The zero-order chi connectivity index (χ0) is 11.1. The van der Waals surface area contributed by atoms with Crippen molar-refractivity contribution in [3.8, 4) is 0 Å². The molecule has 0 aliphatic carbocycles. The topological polar surface area (TPSA) is 75.4 Å². The number of aliphatic hydroxyl groups excluding tert-OH is 1. The predicted molar refractivity (Wildman–Crippen MR) is 56.7 cm³/mol. The minimum atomic E-state index is -0.435. The first-order valence-corrected chi connectivity index (χ1v) is 5.19. The van der Waals surface area contributed by atoms with Gasteiger partial charge in [-0.05, 0) is 18.8 Å². The molecule has 0 spiro atoms. The molecule has 0 aliphatic heterocycles. The highest BCUT2D eigenvalue weighted by molar-refractivity contribution is 5.81. The van der Waals surface area contributed by atoms with Crippen LogP contribution >= 0.6 is 0 Å². The van der Waals surface area contributed by atoms with Gasteiger partial charge in [0.1, 0.15) is 0 Å². The number of hydrogen-bond acceptors (Lipinski definition) is 3. The Morgan fingerprint density at radius 3 is 2.43 bits per heavy atom. The van der Waals surface area contributed by atoms with Crippen molar-refractivity contribution < 1.29 is 9.90 Å². The van der Waals surface area contributed by atoms with Gasteiger partial charge in [-0.1, -0.05) is 20.8 Å². The number of aliphatic hydroxyl groups is 1. The van der Waals surface area contributed by atoms with E-state index >= 15 is 0 Å². The van der Waals surface area contributed by atoms with Crippen molar-refractivity contribution in [1.29, 1.82) is 0 Å². The molecule has 0 rings (SSSR count). The van der Waals surface area contributed by atoms with Gasteiger partial charge < -0.3 is 16.2 Å². The van der Waals surface area contributed by atoms with Crippen LogP contribution in [-0.4, -0.2) is 29.7 Å². The fourth-order valence-electron chi connectivity index (χ4n) is 1.19. The minimum absolute atomic E-state index is 0.0186. The molecular formula is C10H22N2O2. The average molecular weight is 202 g/mol. The van der Waals surface area contributed by atoms with E-state index in [2.05, 4.69) is 5.32 Å². The summed E-state index contributed by atoms with van der Waals surface area (Å²) >= 11 is 0. The summed E-state index contributed by atoms with van der Waals surface area (Å²) in [4.78, 5) is 11.4. The molecule has 0 aromatic rings. The lowest BCUT2D eigenvalue weighted by molar-refractivity contribution is -0.123. The van der Waals surface area contributed by atoms with Crippen LogP contribution in [0, 0.1) is 5.92 Å². The van der Waals surface area contributed by atoms with Crippen LogP contribution in [0.4, 0.5) is 0 Å². The van der Waals surface area contributed by atoms with Crippen molar-refractivity contribution >= 4 is 5.91 Å². The third-order valence-corrected chi connectivity index (χ3v) is 2.35. The normalized spacial score (nSPS) is 15.3. The van der Waals surface area contributed by atoms with Gasteiger partial charge in [0.25, 0.3) is 0 Å². The molecule has 0 heterocycles. The maximum Gasteiger partial charge on any atom is 0.237 e. The summed E-state index contributed by atoms with van der Waals surface area (Å²) < 4.78 is 0. The molecule has 84 valence electrons. The second-order valence-corrected chi connectivity index (χ2v) is 3.89. The van der Waals surface area contributed by atoms with Gasteiger partial charge in [0.15, 0.2) is 0 Å². The standard InChI is InChI=1S/C10H22N2O2/c1-4-8(11)10(14)12-9(5-6-13)7(2)3/h7-9,13H,4-6,11H2,1-3H3,(H,12,14)/t8-,9?/m1/s1. The van der Waals surface area contributed by atoms with E-state index in [-0.39, 0.29) is 18.6 Å². The van der Waals surface area contributed by atoms with E-state index in [0.29, 0.717) is 18.8 Å². The van der Waals surface area contributed by atoms with Crippen LogP contribution in [0.1, 0.15) is 33.6 Å². The predicted octanol–water partition coefficient (Wildman–Crippen LogP) is 0.247. The summed E-state index contributed by atoms with van der Waals surface area (Å²) in [6.07, 6.45) is 1.22. The van der Waals surface area contributed by atoms with E-state index in [9.17, 15) is 4.79 Å². The van der Waals surface area contributed by atoms with Crippen molar-refractivity contribution in [2.75, 3.05) is 6.61 Å². The number of carbonyl (C=O) groups is 1. The first-order chi connectivity index (χ1) is 6.52. The van der Waals surface area contributed by atoms with E-state index in [0.717, 1.165) is 0 Å². The van der Waals surface area contributed by atoms with Crippen LogP contribution in [0.25, 0.3) is 0 Å². The number of nitrogens with one attached hydrogen (secondary N) is 1. The van der Waals surface area contributed by atoms with Crippen molar-refractivity contribution in [3.05, 3.63) is 0 Å². The molecule has 4 nitrogen and oxygen atoms in total. The van der Waals surface area contributed by atoms with Crippen LogP contribution in [0.3, 0.4) is 0 Å². The second-order valence-electron chi connectivity index (χ2n) is 3.89. The third kappa shape index (κ3) is 4.58. The SMILES string of the molecule is CC[C@@H](N)C(=O)NC(CCO)C(C)C. The molecule has 4 N–H and O–H groups in total. The monoisotopic (exact) mass is 202 g/mol. The van der Waals surface area contributed by atoms with E-state index in [4.69, 9.17) is 10.8 Å². The highest BCUT2D eigenvalue weighted by Gasteiger charge is 2.18. The fourth-order valence-corrected chi connectivity index (χ4v) is 1.19. The Bertz CT molecular complexity index is 172. The summed E-state index contributed by atoms with van der Waals surface area (Å²) in [5, 5.41) is 11.7. The zero-order valence-corrected chi connectivity index (χ0v) is 9.29. The maximum absolute atomic E-state index is 11.4. The Hall–Kier alpha value is -0.610. The summed E-state index contributed by atoms with van der Waals surface area (Å²) in [6, 6.07) is -0.417. The van der Waals surface area contributed by atoms with Crippen molar-refractivity contribution in [2.24, 2.45) is 11.7 Å². The molecular weight excluding hydrogens is 180 g/mol. The molecule has 0 aromatic heterocycles. The molecule has 14 heavy (non-hydrogen) atoms. The van der Waals surface area contributed by atoms with E-state index < -0.39 is 6.04 Å². The number of amides is 1. The van der Waals surface area contributed by atoms with Gasteiger partial charge in [-0.3, -0.25) is 4.79 Å². The zero-order valence-electron chi connectivity index (χ0n) is 9.29. The first kappa shape index (κ1) is 13.4. The van der Waals surface area contributed by atoms with E-state index in [1.165, 1.54) is 0 Å². The van der Waals surface area contributed by atoms with Crippen LogP contribution in [-0.2, 0) is 4.79 Å². The highest BCUT2D eigenvalue weighted by Crippen LogP contribution is 2.05. The summed E-state index contributed by atoms with van der Waals surface area (Å²) in [7, 11) is 0. The van der Waals surface area contributed by atoms with Crippen LogP contribution < -0.4 is 11.1 Å². The molecule has 0 bridgehead atoms. The average Bonchev–Trinajstić information content (AvgIpc) is 2.15. The Morgan fingerprint density at radius 1 is 1.50 bits per heavy atom. The molecule has 1 amide bonds. The summed E-state index contributed by atoms with van der Waals surface area (Å²) in [5.74, 6) is 0.190. The molecule has 0 radical (unpaired) electrons. The van der Waals surface area contributed by atoms with Gasteiger partial charge in [-0.15, -0.1) is 0 Å². The Balaban J connectivity index is 4.08. The van der Waals surface area contributed by atoms with Crippen LogP contribution in [0.2, 0.25) is 0 Å². The number of hydrogen-bond donors (Lipinski definition) is 3. The molecule has 0 aliphatic rings. The Kier molecular flexibility index (Phi) is 6.49. The summed E-state index contributed by atoms with van der Waals surface area (Å²) in [6.45, 7) is 5.99. The van der Waals surface area contributed by atoms with Gasteiger partial charge in [0.2, 0.25) is 5.91 Å². The van der Waals surface area contributed by atoms with Gasteiger partial charge in [-0.25, -0.2) is 0 Å².